The van der Waals surface area contributed by atoms with E-state index in [2.05, 4.69) is 157 Å². The van der Waals surface area contributed by atoms with Crippen LogP contribution in [0.2, 0.25) is 0 Å². The van der Waals surface area contributed by atoms with Crippen LogP contribution in [-0.2, 0) is 0 Å². The minimum Gasteiger partial charge on any atom is -0.455 e. The minimum absolute atomic E-state index is 0.139. The quantitative estimate of drug-likeness (QED) is 0.241. The first-order valence-electron chi connectivity index (χ1n) is 15.8. The van der Waals surface area contributed by atoms with Crippen LogP contribution >= 0.6 is 0 Å². The van der Waals surface area contributed by atoms with E-state index in [0.717, 1.165) is 41.0 Å². The van der Waals surface area contributed by atoms with E-state index in [1.54, 1.807) is 0 Å². The van der Waals surface area contributed by atoms with Gasteiger partial charge in [0.2, 0.25) is 0 Å². The summed E-state index contributed by atoms with van der Waals surface area (Å²) in [4.78, 5) is 10.0. The molecule has 3 aromatic carbocycles. The summed E-state index contributed by atoms with van der Waals surface area (Å²) < 4.78 is 6.70. The molecular formula is C41H33N3O. The van der Waals surface area contributed by atoms with Crippen molar-refractivity contribution >= 4 is 27.9 Å². The molecule has 0 radical (unpaired) electrons. The first kappa shape index (κ1) is 26.1. The summed E-state index contributed by atoms with van der Waals surface area (Å²) in [6.07, 6.45) is 23.3. The van der Waals surface area contributed by atoms with Gasteiger partial charge in [0.15, 0.2) is 0 Å². The molecule has 0 saturated carbocycles. The average molecular weight is 584 g/mol. The summed E-state index contributed by atoms with van der Waals surface area (Å²) >= 11 is 0. The number of anilines is 1. The molecule has 3 aliphatic heterocycles. The second-order valence-electron chi connectivity index (χ2n) is 12.4. The van der Waals surface area contributed by atoms with E-state index >= 15 is 0 Å². The molecular weight excluding hydrogens is 550 g/mol. The molecule has 0 amide bonds. The van der Waals surface area contributed by atoms with Crippen LogP contribution in [0.3, 0.4) is 0 Å². The Morgan fingerprint density at radius 2 is 1.67 bits per heavy atom. The Morgan fingerprint density at radius 1 is 0.844 bits per heavy atom. The fraction of sp³-hybridized carbons (Fsp3) is 0.146. The number of allylic oxidation sites excluding steroid dienone is 9. The van der Waals surface area contributed by atoms with Gasteiger partial charge in [-0.25, -0.2) is 0 Å². The van der Waals surface area contributed by atoms with E-state index in [9.17, 15) is 0 Å². The van der Waals surface area contributed by atoms with Crippen molar-refractivity contribution in [1.29, 1.82) is 0 Å². The van der Waals surface area contributed by atoms with Gasteiger partial charge in [0.1, 0.15) is 11.3 Å². The van der Waals surface area contributed by atoms with Crippen molar-refractivity contribution in [3.8, 4) is 11.1 Å². The fourth-order valence-electron chi connectivity index (χ4n) is 7.44. The van der Waals surface area contributed by atoms with Gasteiger partial charge in [-0.1, -0.05) is 103 Å². The zero-order chi connectivity index (χ0) is 29.9. The Balaban J connectivity index is 1.26. The van der Waals surface area contributed by atoms with Crippen molar-refractivity contribution in [3.63, 3.8) is 0 Å². The molecule has 0 spiro atoms. The number of rotatable bonds is 3. The second-order valence-corrected chi connectivity index (χ2v) is 12.4. The maximum Gasteiger partial charge on any atom is 0.145 e. The Hall–Kier alpha value is -5.35. The lowest BCUT2D eigenvalue weighted by Crippen LogP contribution is -2.33. The van der Waals surface area contributed by atoms with Crippen molar-refractivity contribution < 1.29 is 4.42 Å². The van der Waals surface area contributed by atoms with Gasteiger partial charge in [0.25, 0.3) is 0 Å². The standard InChI is InChI=1S/C41H33N3O/c1-43-22-21-33-38(26-43)44(37-17-9-6-14-32(37)40-34-15-7-10-18-39(34)45-41(33)40)31-24-29(27-11-3-2-4-12-27)23-30(25-31)36-20-19-28-13-5-8-16-35(28)42-36/h2-23,25,28-29,35H,24,26H2,1H3. The third-order valence-corrected chi connectivity index (χ3v) is 9.58. The van der Waals surface area contributed by atoms with Gasteiger partial charge in [-0.15, -0.1) is 0 Å². The van der Waals surface area contributed by atoms with Gasteiger partial charge in [0.05, 0.1) is 29.7 Å². The number of para-hydroxylation sites is 2. The van der Waals surface area contributed by atoms with Gasteiger partial charge < -0.3 is 14.2 Å². The molecule has 0 N–H and O–H groups in total. The maximum atomic E-state index is 6.70. The molecule has 45 heavy (non-hydrogen) atoms. The Labute approximate surface area is 263 Å². The molecule has 5 aliphatic rings. The molecule has 218 valence electrons. The van der Waals surface area contributed by atoms with Gasteiger partial charge in [-0.3, -0.25) is 4.99 Å². The average Bonchev–Trinajstić information content (AvgIpc) is 3.43. The molecule has 0 bridgehead atoms. The zero-order valence-corrected chi connectivity index (χ0v) is 25.2. The lowest BCUT2D eigenvalue weighted by Gasteiger charge is -2.37. The van der Waals surface area contributed by atoms with Crippen LogP contribution in [0.15, 0.2) is 166 Å². The number of aliphatic imine (C=N–C) groups is 1. The number of hydrogen-bond acceptors (Lipinski definition) is 4. The molecule has 4 heterocycles. The molecule has 0 fully saturated rings. The van der Waals surface area contributed by atoms with E-state index in [1.165, 1.54) is 39.3 Å². The van der Waals surface area contributed by atoms with E-state index in [-0.39, 0.29) is 12.0 Å². The number of hydrogen-bond donors (Lipinski definition) is 0. The van der Waals surface area contributed by atoms with E-state index < -0.39 is 0 Å². The molecule has 3 unspecified atom stereocenters. The molecule has 0 saturated heterocycles. The lowest BCUT2D eigenvalue weighted by atomic mass is 9.84. The first-order chi connectivity index (χ1) is 22.2. The van der Waals surface area contributed by atoms with Crippen molar-refractivity contribution in [3.05, 3.63) is 168 Å². The van der Waals surface area contributed by atoms with Crippen molar-refractivity contribution in [2.75, 3.05) is 18.5 Å². The number of dihydropyridines is 1. The maximum absolute atomic E-state index is 6.70. The molecule has 3 atom stereocenters. The van der Waals surface area contributed by atoms with Crippen LogP contribution in [0.4, 0.5) is 5.69 Å². The fourth-order valence-corrected chi connectivity index (χ4v) is 7.44. The number of furan rings is 1. The van der Waals surface area contributed by atoms with Gasteiger partial charge in [0, 0.05) is 46.7 Å². The molecule has 9 rings (SSSR count). The Morgan fingerprint density at radius 3 is 2.60 bits per heavy atom. The van der Waals surface area contributed by atoms with Gasteiger partial charge >= 0.3 is 0 Å². The normalized spacial score (nSPS) is 23.1. The van der Waals surface area contributed by atoms with Crippen molar-refractivity contribution in [1.82, 2.24) is 4.90 Å². The van der Waals surface area contributed by atoms with Gasteiger partial charge in [-0.05, 0) is 54.1 Å². The highest BCUT2D eigenvalue weighted by Gasteiger charge is 2.35. The Bertz CT molecular complexity index is 2100. The summed E-state index contributed by atoms with van der Waals surface area (Å²) in [5.41, 5.74) is 11.6. The largest absolute Gasteiger partial charge is 0.455 e. The van der Waals surface area contributed by atoms with Crippen LogP contribution < -0.4 is 4.90 Å². The van der Waals surface area contributed by atoms with Crippen LogP contribution in [0.25, 0.3) is 27.7 Å². The van der Waals surface area contributed by atoms with E-state index in [0.29, 0.717) is 5.92 Å². The SMILES string of the molecule is CN1C=CC2=C(C1)N(C1=CC(C3=NC4C=CC=CC4C=C3)=CC(c3ccccc3)C1)c1ccccc1-c1c2oc2ccccc12. The summed E-state index contributed by atoms with van der Waals surface area (Å²) in [5.74, 6) is 1.48. The topological polar surface area (TPSA) is 32.0 Å². The van der Waals surface area contributed by atoms with E-state index in [4.69, 9.17) is 9.41 Å². The monoisotopic (exact) mass is 583 g/mol. The molecule has 1 aromatic heterocycles. The van der Waals surface area contributed by atoms with Crippen LogP contribution in [0, 0.1) is 5.92 Å². The molecule has 4 heteroatoms. The highest BCUT2D eigenvalue weighted by molar-refractivity contribution is 6.12. The predicted octanol–water partition coefficient (Wildman–Crippen LogP) is 9.21. The van der Waals surface area contributed by atoms with Crippen molar-refractivity contribution in [2.24, 2.45) is 10.9 Å². The number of likely N-dealkylation sites (N-methyl/N-ethyl adjacent to an activating group) is 1. The smallest absolute Gasteiger partial charge is 0.145 e. The van der Waals surface area contributed by atoms with Crippen molar-refractivity contribution in [2.45, 2.75) is 18.4 Å². The minimum atomic E-state index is 0.139. The highest BCUT2D eigenvalue weighted by Crippen LogP contribution is 2.50. The lowest BCUT2D eigenvalue weighted by molar-refractivity contribution is 0.485. The number of nitrogens with zero attached hydrogens (tertiary/aromatic N) is 3. The summed E-state index contributed by atoms with van der Waals surface area (Å²) in [6, 6.07) is 28.3. The third-order valence-electron chi connectivity index (χ3n) is 9.58. The van der Waals surface area contributed by atoms with E-state index in [1.807, 2.05) is 0 Å². The molecule has 4 aromatic rings. The van der Waals surface area contributed by atoms with Gasteiger partial charge in [-0.2, -0.15) is 0 Å². The predicted molar refractivity (Wildman–Crippen MR) is 185 cm³/mol. The summed E-state index contributed by atoms with van der Waals surface area (Å²) in [7, 11) is 2.15. The zero-order valence-electron chi connectivity index (χ0n) is 25.2. The third kappa shape index (κ3) is 4.32. The Kier molecular flexibility index (Phi) is 6.02. The number of fused-ring (bicyclic) bond motifs is 7. The molecule has 2 aliphatic carbocycles. The number of benzene rings is 3. The second kappa shape index (κ2) is 10.4. The molecule has 4 nitrogen and oxygen atoms in total. The summed E-state index contributed by atoms with van der Waals surface area (Å²) in [6.45, 7) is 0.769. The van der Waals surface area contributed by atoms with Crippen LogP contribution in [0.5, 0.6) is 0 Å². The summed E-state index contributed by atoms with van der Waals surface area (Å²) in [5, 5.41) is 1.15. The van der Waals surface area contributed by atoms with Crippen LogP contribution in [-0.4, -0.2) is 30.2 Å². The first-order valence-corrected chi connectivity index (χ1v) is 15.8. The highest BCUT2D eigenvalue weighted by atomic mass is 16.3. The van der Waals surface area contributed by atoms with Crippen LogP contribution in [0.1, 0.15) is 23.7 Å².